The molecule has 0 aromatic heterocycles. The van der Waals surface area contributed by atoms with Crippen molar-refractivity contribution < 1.29 is 17.9 Å². The van der Waals surface area contributed by atoms with Crippen LogP contribution in [0.15, 0.2) is 88.2 Å². The van der Waals surface area contributed by atoms with Crippen LogP contribution in [0.5, 0.6) is 5.75 Å². The van der Waals surface area contributed by atoms with Gasteiger partial charge >= 0.3 is 0 Å². The molecule has 1 amide bonds. The van der Waals surface area contributed by atoms with Crippen molar-refractivity contribution >= 4 is 31.9 Å². The van der Waals surface area contributed by atoms with E-state index in [1.165, 1.54) is 16.4 Å². The monoisotopic (exact) mass is 516 g/mol. The molecule has 1 atom stereocenters. The number of sulfonamides is 1. The van der Waals surface area contributed by atoms with Crippen LogP contribution < -0.4 is 10.1 Å². The topological polar surface area (TPSA) is 75.7 Å². The first-order valence-corrected chi connectivity index (χ1v) is 12.3. The molecule has 8 heteroatoms. The summed E-state index contributed by atoms with van der Waals surface area (Å²) in [5.74, 6) is 0.150. The van der Waals surface area contributed by atoms with Gasteiger partial charge in [0.05, 0.1) is 10.9 Å². The lowest BCUT2D eigenvalue weighted by Crippen LogP contribution is -2.31. The molecular weight excluding hydrogens is 492 g/mol. The first-order valence-electron chi connectivity index (χ1n) is 10.0. The largest absolute Gasteiger partial charge is 0.484 e. The van der Waals surface area contributed by atoms with Crippen LogP contribution in [0.2, 0.25) is 0 Å². The first kappa shape index (κ1) is 24.0. The second-order valence-corrected chi connectivity index (χ2v) is 10.3. The summed E-state index contributed by atoms with van der Waals surface area (Å²) in [6.45, 7) is 2.00. The van der Waals surface area contributed by atoms with Crippen molar-refractivity contribution in [3.63, 3.8) is 0 Å². The molecule has 3 rings (SSSR count). The highest BCUT2D eigenvalue weighted by atomic mass is 79.9. The number of halogens is 1. The Morgan fingerprint density at radius 1 is 1.03 bits per heavy atom. The summed E-state index contributed by atoms with van der Waals surface area (Å²) in [5.41, 5.74) is 1.88. The second kappa shape index (κ2) is 10.8. The summed E-state index contributed by atoms with van der Waals surface area (Å²) in [4.78, 5) is 12.4. The van der Waals surface area contributed by atoms with Crippen molar-refractivity contribution in [2.75, 3.05) is 13.7 Å². The van der Waals surface area contributed by atoms with Gasteiger partial charge in [0.15, 0.2) is 6.61 Å². The summed E-state index contributed by atoms with van der Waals surface area (Å²) in [6.07, 6.45) is 0. The Morgan fingerprint density at radius 3 is 2.38 bits per heavy atom. The van der Waals surface area contributed by atoms with E-state index in [0.29, 0.717) is 5.75 Å². The third kappa shape index (κ3) is 6.41. The number of nitrogens with one attached hydrogen (secondary N) is 1. The summed E-state index contributed by atoms with van der Waals surface area (Å²) in [6, 6.07) is 23.0. The molecular formula is C24H25BrN2O4S. The van der Waals surface area contributed by atoms with E-state index in [4.69, 9.17) is 4.74 Å². The number of rotatable bonds is 9. The number of benzene rings is 3. The zero-order valence-corrected chi connectivity index (χ0v) is 20.3. The van der Waals surface area contributed by atoms with Crippen molar-refractivity contribution in [2.45, 2.75) is 24.4 Å². The number of carbonyl (C=O) groups excluding carboxylic acids is 1. The van der Waals surface area contributed by atoms with Gasteiger partial charge in [-0.3, -0.25) is 4.79 Å². The Labute approximate surface area is 197 Å². The highest BCUT2D eigenvalue weighted by Gasteiger charge is 2.21. The minimum atomic E-state index is -3.64. The highest BCUT2D eigenvalue weighted by Crippen LogP contribution is 2.21. The lowest BCUT2D eigenvalue weighted by atomic mass is 10.1. The molecule has 3 aromatic rings. The van der Waals surface area contributed by atoms with E-state index in [-0.39, 0.29) is 30.0 Å². The standard InChI is InChI=1S/C24H25BrN2O4S/c1-18(20-9-6-10-21(25)15-20)26-24(28)17-31-22-11-13-23(14-12-22)32(29,30)27(2)16-19-7-4-3-5-8-19/h3-15,18H,16-17H2,1-2H3,(H,26,28)/t18-/m1/s1. The molecule has 0 unspecified atom stereocenters. The normalized spacial score (nSPS) is 12.4. The van der Waals surface area contributed by atoms with E-state index < -0.39 is 10.0 Å². The molecule has 0 spiro atoms. The van der Waals surface area contributed by atoms with Gasteiger partial charge in [-0.2, -0.15) is 4.31 Å². The minimum Gasteiger partial charge on any atom is -0.484 e. The molecule has 0 aliphatic rings. The van der Waals surface area contributed by atoms with Gasteiger partial charge in [-0.1, -0.05) is 58.4 Å². The highest BCUT2D eigenvalue weighted by molar-refractivity contribution is 9.10. The third-order valence-corrected chi connectivity index (χ3v) is 7.19. The smallest absolute Gasteiger partial charge is 0.258 e. The molecule has 0 bridgehead atoms. The van der Waals surface area contributed by atoms with E-state index in [1.54, 1.807) is 19.2 Å². The fraction of sp³-hybridized carbons (Fsp3) is 0.208. The predicted octanol–water partition coefficient (Wildman–Crippen LogP) is 4.53. The van der Waals surface area contributed by atoms with Gasteiger partial charge in [-0.05, 0) is 54.4 Å². The average Bonchev–Trinajstić information content (AvgIpc) is 2.78. The molecule has 32 heavy (non-hydrogen) atoms. The van der Waals surface area contributed by atoms with Crippen LogP contribution >= 0.6 is 15.9 Å². The van der Waals surface area contributed by atoms with E-state index in [9.17, 15) is 13.2 Å². The zero-order valence-electron chi connectivity index (χ0n) is 17.9. The Bertz CT molecular complexity index is 1150. The minimum absolute atomic E-state index is 0.163. The van der Waals surface area contributed by atoms with Crippen molar-refractivity contribution in [3.8, 4) is 5.75 Å². The van der Waals surface area contributed by atoms with Gasteiger partial charge in [0.1, 0.15) is 5.75 Å². The number of ether oxygens (including phenoxy) is 1. The molecule has 168 valence electrons. The molecule has 6 nitrogen and oxygen atoms in total. The number of hydrogen-bond donors (Lipinski definition) is 1. The lowest BCUT2D eigenvalue weighted by molar-refractivity contribution is -0.123. The fourth-order valence-electron chi connectivity index (χ4n) is 3.10. The maximum Gasteiger partial charge on any atom is 0.258 e. The predicted molar refractivity (Wildman–Crippen MR) is 128 cm³/mol. The zero-order chi connectivity index (χ0) is 23.1. The molecule has 0 heterocycles. The first-order chi connectivity index (χ1) is 15.3. The summed E-state index contributed by atoms with van der Waals surface area (Å²) in [7, 11) is -2.10. The van der Waals surface area contributed by atoms with E-state index in [1.807, 2.05) is 61.5 Å². The molecule has 1 N–H and O–H groups in total. The van der Waals surface area contributed by atoms with E-state index >= 15 is 0 Å². The molecule has 3 aromatic carbocycles. The molecule has 0 saturated heterocycles. The van der Waals surface area contributed by atoms with Crippen LogP contribution in [0.3, 0.4) is 0 Å². The number of carbonyl (C=O) groups is 1. The number of nitrogens with zero attached hydrogens (tertiary/aromatic N) is 1. The van der Waals surface area contributed by atoms with Crippen LogP contribution in [0, 0.1) is 0 Å². The quantitative estimate of drug-likeness (QED) is 0.453. The maximum absolute atomic E-state index is 12.8. The fourth-order valence-corrected chi connectivity index (χ4v) is 4.68. The van der Waals surface area contributed by atoms with E-state index in [2.05, 4.69) is 21.2 Å². The molecule has 0 fully saturated rings. The van der Waals surface area contributed by atoms with E-state index in [0.717, 1.165) is 15.6 Å². The van der Waals surface area contributed by atoms with Gasteiger partial charge in [0.25, 0.3) is 5.91 Å². The Morgan fingerprint density at radius 2 is 1.72 bits per heavy atom. The van der Waals surface area contributed by atoms with Crippen LogP contribution in [-0.4, -0.2) is 32.3 Å². The van der Waals surface area contributed by atoms with Crippen LogP contribution in [0.25, 0.3) is 0 Å². The maximum atomic E-state index is 12.8. The lowest BCUT2D eigenvalue weighted by Gasteiger charge is -2.18. The Kier molecular flexibility index (Phi) is 8.06. The van der Waals surface area contributed by atoms with Gasteiger partial charge in [0, 0.05) is 18.1 Å². The molecule has 0 radical (unpaired) electrons. The summed E-state index contributed by atoms with van der Waals surface area (Å²) >= 11 is 3.42. The van der Waals surface area contributed by atoms with Gasteiger partial charge in [-0.25, -0.2) is 8.42 Å². The number of hydrogen-bond acceptors (Lipinski definition) is 4. The van der Waals surface area contributed by atoms with Crippen LogP contribution in [-0.2, 0) is 21.4 Å². The third-order valence-electron chi connectivity index (χ3n) is 4.88. The Balaban J connectivity index is 1.55. The number of amides is 1. The SMILES string of the molecule is C[C@@H](NC(=O)COc1ccc(S(=O)(=O)N(C)Cc2ccccc2)cc1)c1cccc(Br)c1. The van der Waals surface area contributed by atoms with Gasteiger partial charge < -0.3 is 10.1 Å². The summed E-state index contributed by atoms with van der Waals surface area (Å²) < 4.78 is 33.4. The van der Waals surface area contributed by atoms with Crippen LogP contribution in [0.4, 0.5) is 0 Å². The van der Waals surface area contributed by atoms with Crippen molar-refractivity contribution in [1.82, 2.24) is 9.62 Å². The van der Waals surface area contributed by atoms with Crippen molar-refractivity contribution in [3.05, 3.63) is 94.5 Å². The summed E-state index contributed by atoms with van der Waals surface area (Å²) in [5, 5.41) is 2.88. The van der Waals surface area contributed by atoms with Gasteiger partial charge in [0.2, 0.25) is 10.0 Å². The van der Waals surface area contributed by atoms with Crippen molar-refractivity contribution in [2.24, 2.45) is 0 Å². The van der Waals surface area contributed by atoms with Crippen LogP contribution in [0.1, 0.15) is 24.1 Å². The second-order valence-electron chi connectivity index (χ2n) is 7.35. The molecule has 0 aliphatic carbocycles. The van der Waals surface area contributed by atoms with Gasteiger partial charge in [-0.15, -0.1) is 0 Å². The molecule has 0 saturated carbocycles. The Hall–Kier alpha value is -2.68. The molecule has 0 aliphatic heterocycles. The van der Waals surface area contributed by atoms with Crippen molar-refractivity contribution in [1.29, 1.82) is 0 Å². The average molecular weight is 517 g/mol.